The van der Waals surface area contributed by atoms with E-state index >= 15 is 0 Å². The molecule has 0 aromatic heterocycles. The fourth-order valence-corrected chi connectivity index (χ4v) is 3.31. The average molecular weight is 304 g/mol. The summed E-state index contributed by atoms with van der Waals surface area (Å²) >= 11 is 0. The predicted octanol–water partition coefficient (Wildman–Crippen LogP) is 3.59. The SMILES string of the molecule is COc1ccc(C)cc1N[C@@H](C)C(=O)N1[C@@H](C)CCC[C@@H]1C. The van der Waals surface area contributed by atoms with Gasteiger partial charge in [0, 0.05) is 12.1 Å². The number of likely N-dealkylation sites (tertiary alicyclic amines) is 1. The highest BCUT2D eigenvalue weighted by Crippen LogP contribution is 2.28. The van der Waals surface area contributed by atoms with E-state index in [1.54, 1.807) is 7.11 Å². The van der Waals surface area contributed by atoms with E-state index in [0.717, 1.165) is 29.8 Å². The molecule has 4 nitrogen and oxygen atoms in total. The second-order valence-electron chi connectivity index (χ2n) is 6.44. The van der Waals surface area contributed by atoms with Crippen molar-refractivity contribution in [2.24, 2.45) is 0 Å². The summed E-state index contributed by atoms with van der Waals surface area (Å²) < 4.78 is 5.38. The lowest BCUT2D eigenvalue weighted by atomic mass is 9.96. The van der Waals surface area contributed by atoms with Crippen LogP contribution in [0, 0.1) is 6.92 Å². The molecule has 0 unspecified atom stereocenters. The third kappa shape index (κ3) is 3.54. The molecule has 22 heavy (non-hydrogen) atoms. The molecule has 2 rings (SSSR count). The van der Waals surface area contributed by atoms with Gasteiger partial charge in [-0.15, -0.1) is 0 Å². The Balaban J connectivity index is 2.13. The van der Waals surface area contributed by atoms with Gasteiger partial charge in [0.25, 0.3) is 0 Å². The lowest BCUT2D eigenvalue weighted by Crippen LogP contribution is -2.52. The zero-order valence-electron chi connectivity index (χ0n) is 14.3. The standard InChI is InChI=1S/C18H28N2O2/c1-12-9-10-17(22-5)16(11-12)19-15(4)18(21)20-13(2)7-6-8-14(20)3/h9-11,13-15,19H,6-8H2,1-5H3/t13-,14-,15-/m0/s1. The summed E-state index contributed by atoms with van der Waals surface area (Å²) in [4.78, 5) is 14.9. The average Bonchev–Trinajstić information content (AvgIpc) is 2.47. The number of benzene rings is 1. The van der Waals surface area contributed by atoms with Crippen LogP contribution < -0.4 is 10.1 Å². The van der Waals surface area contributed by atoms with Gasteiger partial charge in [-0.2, -0.15) is 0 Å². The third-order valence-corrected chi connectivity index (χ3v) is 4.55. The summed E-state index contributed by atoms with van der Waals surface area (Å²) in [6, 6.07) is 6.33. The minimum absolute atomic E-state index is 0.170. The van der Waals surface area contributed by atoms with Crippen LogP contribution in [-0.2, 0) is 4.79 Å². The molecular weight excluding hydrogens is 276 g/mol. The minimum Gasteiger partial charge on any atom is -0.495 e. The normalized spacial score (nSPS) is 23.0. The predicted molar refractivity (Wildman–Crippen MR) is 90.4 cm³/mol. The Morgan fingerprint density at radius 1 is 1.32 bits per heavy atom. The summed E-state index contributed by atoms with van der Waals surface area (Å²) in [5, 5.41) is 3.32. The molecule has 1 aromatic carbocycles. The quantitative estimate of drug-likeness (QED) is 0.924. The van der Waals surface area contributed by atoms with Crippen LogP contribution in [0.4, 0.5) is 5.69 Å². The molecule has 1 aliphatic heterocycles. The van der Waals surface area contributed by atoms with Crippen LogP contribution >= 0.6 is 0 Å². The molecule has 1 aliphatic rings. The molecule has 0 aliphatic carbocycles. The van der Waals surface area contributed by atoms with Gasteiger partial charge in [-0.3, -0.25) is 4.79 Å². The van der Waals surface area contributed by atoms with Crippen LogP contribution in [0.5, 0.6) is 5.75 Å². The first kappa shape index (κ1) is 16.7. The van der Waals surface area contributed by atoms with Crippen molar-refractivity contribution in [3.8, 4) is 5.75 Å². The minimum atomic E-state index is -0.265. The first-order valence-electron chi connectivity index (χ1n) is 8.17. The second-order valence-corrected chi connectivity index (χ2v) is 6.44. The van der Waals surface area contributed by atoms with E-state index in [1.165, 1.54) is 6.42 Å². The number of rotatable bonds is 4. The Morgan fingerprint density at radius 3 is 2.55 bits per heavy atom. The summed E-state index contributed by atoms with van der Waals surface area (Å²) in [6.07, 6.45) is 3.40. The lowest BCUT2D eigenvalue weighted by Gasteiger charge is -2.40. The summed E-state index contributed by atoms with van der Waals surface area (Å²) in [5.41, 5.74) is 2.02. The fraction of sp³-hybridized carbons (Fsp3) is 0.611. The molecule has 1 aromatic rings. The van der Waals surface area contributed by atoms with Crippen molar-refractivity contribution in [1.82, 2.24) is 4.90 Å². The Kier molecular flexibility index (Phi) is 5.33. The summed E-state index contributed by atoms with van der Waals surface area (Å²) in [6.45, 7) is 8.26. The smallest absolute Gasteiger partial charge is 0.245 e. The molecule has 0 radical (unpaired) electrons. The number of hydrogen-bond donors (Lipinski definition) is 1. The fourth-order valence-electron chi connectivity index (χ4n) is 3.31. The molecule has 1 amide bonds. The van der Waals surface area contributed by atoms with Crippen molar-refractivity contribution in [3.63, 3.8) is 0 Å². The maximum absolute atomic E-state index is 12.8. The van der Waals surface area contributed by atoms with Crippen LogP contribution in [-0.4, -0.2) is 36.0 Å². The number of nitrogens with zero attached hydrogens (tertiary/aromatic N) is 1. The molecule has 1 N–H and O–H groups in total. The second kappa shape index (κ2) is 7.03. The van der Waals surface area contributed by atoms with Crippen molar-refractivity contribution in [2.45, 2.75) is 65.1 Å². The number of ether oxygens (including phenoxy) is 1. The van der Waals surface area contributed by atoms with Gasteiger partial charge in [0.2, 0.25) is 5.91 Å². The lowest BCUT2D eigenvalue weighted by molar-refractivity contribution is -0.137. The van der Waals surface area contributed by atoms with Crippen LogP contribution in [0.15, 0.2) is 18.2 Å². The maximum Gasteiger partial charge on any atom is 0.245 e. The number of hydrogen-bond acceptors (Lipinski definition) is 3. The van der Waals surface area contributed by atoms with E-state index in [-0.39, 0.29) is 11.9 Å². The molecule has 0 spiro atoms. The number of amides is 1. The molecule has 1 heterocycles. The van der Waals surface area contributed by atoms with Crippen molar-refractivity contribution >= 4 is 11.6 Å². The highest BCUT2D eigenvalue weighted by molar-refractivity contribution is 5.85. The molecular formula is C18H28N2O2. The Hall–Kier alpha value is -1.71. The molecule has 1 fully saturated rings. The van der Waals surface area contributed by atoms with E-state index in [9.17, 15) is 4.79 Å². The van der Waals surface area contributed by atoms with Crippen LogP contribution in [0.25, 0.3) is 0 Å². The monoisotopic (exact) mass is 304 g/mol. The Bertz CT molecular complexity index is 520. The first-order valence-corrected chi connectivity index (χ1v) is 8.17. The number of carbonyl (C=O) groups excluding carboxylic acids is 1. The Labute approximate surface area is 133 Å². The molecule has 122 valence electrons. The van der Waals surface area contributed by atoms with Gasteiger partial charge >= 0.3 is 0 Å². The Morgan fingerprint density at radius 2 is 1.95 bits per heavy atom. The van der Waals surface area contributed by atoms with Crippen LogP contribution in [0.2, 0.25) is 0 Å². The van der Waals surface area contributed by atoms with Gasteiger partial charge in [0.1, 0.15) is 11.8 Å². The topological polar surface area (TPSA) is 41.6 Å². The number of methoxy groups -OCH3 is 1. The van der Waals surface area contributed by atoms with Crippen LogP contribution in [0.1, 0.15) is 45.6 Å². The van der Waals surface area contributed by atoms with Gasteiger partial charge < -0.3 is 15.0 Å². The van der Waals surface area contributed by atoms with Crippen molar-refractivity contribution in [2.75, 3.05) is 12.4 Å². The number of piperidine rings is 1. The van der Waals surface area contributed by atoms with Crippen molar-refractivity contribution in [1.29, 1.82) is 0 Å². The zero-order chi connectivity index (χ0) is 16.3. The number of aryl methyl sites for hydroxylation is 1. The highest BCUT2D eigenvalue weighted by Gasteiger charge is 2.31. The van der Waals surface area contributed by atoms with E-state index in [0.29, 0.717) is 12.1 Å². The summed E-state index contributed by atoms with van der Waals surface area (Å²) in [5.74, 6) is 0.938. The molecule has 1 saturated heterocycles. The summed E-state index contributed by atoms with van der Waals surface area (Å²) in [7, 11) is 1.65. The number of carbonyl (C=O) groups is 1. The number of anilines is 1. The number of nitrogens with one attached hydrogen (secondary N) is 1. The van der Waals surface area contributed by atoms with E-state index in [4.69, 9.17) is 4.74 Å². The van der Waals surface area contributed by atoms with Gasteiger partial charge in [-0.1, -0.05) is 6.07 Å². The van der Waals surface area contributed by atoms with Gasteiger partial charge in [-0.05, 0) is 64.7 Å². The van der Waals surface area contributed by atoms with Crippen molar-refractivity contribution < 1.29 is 9.53 Å². The van der Waals surface area contributed by atoms with Gasteiger partial charge in [0.05, 0.1) is 12.8 Å². The van der Waals surface area contributed by atoms with Crippen molar-refractivity contribution in [3.05, 3.63) is 23.8 Å². The maximum atomic E-state index is 12.8. The van der Waals surface area contributed by atoms with Crippen LogP contribution in [0.3, 0.4) is 0 Å². The molecule has 3 atom stereocenters. The molecule has 0 bridgehead atoms. The van der Waals surface area contributed by atoms with Gasteiger partial charge in [0.15, 0.2) is 0 Å². The highest BCUT2D eigenvalue weighted by atomic mass is 16.5. The third-order valence-electron chi connectivity index (χ3n) is 4.55. The largest absolute Gasteiger partial charge is 0.495 e. The van der Waals surface area contributed by atoms with E-state index in [1.807, 2.05) is 36.9 Å². The first-order chi connectivity index (χ1) is 10.4. The van der Waals surface area contributed by atoms with Gasteiger partial charge in [-0.25, -0.2) is 0 Å². The molecule has 4 heteroatoms. The van der Waals surface area contributed by atoms with E-state index in [2.05, 4.69) is 19.2 Å². The van der Waals surface area contributed by atoms with E-state index < -0.39 is 0 Å². The molecule has 0 saturated carbocycles. The zero-order valence-corrected chi connectivity index (χ0v) is 14.3.